The van der Waals surface area contributed by atoms with E-state index in [1.165, 1.54) is 23.0 Å². The Hall–Kier alpha value is -2.67. The lowest BCUT2D eigenvalue weighted by Crippen LogP contribution is -2.41. The third-order valence-electron chi connectivity index (χ3n) is 3.83. The van der Waals surface area contributed by atoms with Gasteiger partial charge >= 0.3 is 5.69 Å². The average molecular weight is 343 g/mol. The molecule has 2 heterocycles. The highest BCUT2D eigenvalue weighted by atomic mass is 32.1. The van der Waals surface area contributed by atoms with Crippen molar-refractivity contribution in [1.82, 2.24) is 14.5 Å². The number of rotatable bonds is 5. The van der Waals surface area contributed by atoms with Crippen LogP contribution in [-0.4, -0.2) is 21.6 Å². The first-order chi connectivity index (χ1) is 11.6. The van der Waals surface area contributed by atoms with Crippen LogP contribution in [-0.2, 0) is 24.8 Å². The van der Waals surface area contributed by atoms with Crippen LogP contribution in [0.15, 0.2) is 51.4 Å². The number of carbonyl (C=O) groups is 1. The SMILES string of the molecule is Cn1c(=O)c2sccc2n(CC(=O)NCCc2ccccc2)c1=O. The van der Waals surface area contributed by atoms with Gasteiger partial charge < -0.3 is 5.32 Å². The summed E-state index contributed by atoms with van der Waals surface area (Å²) in [6, 6.07) is 11.5. The molecule has 0 atom stereocenters. The van der Waals surface area contributed by atoms with Crippen LogP contribution < -0.4 is 16.6 Å². The lowest BCUT2D eigenvalue weighted by molar-refractivity contribution is -0.121. The van der Waals surface area contributed by atoms with Gasteiger partial charge in [-0.25, -0.2) is 4.79 Å². The molecule has 0 fully saturated rings. The lowest BCUT2D eigenvalue weighted by Gasteiger charge is -2.10. The van der Waals surface area contributed by atoms with E-state index < -0.39 is 5.69 Å². The molecule has 3 aromatic rings. The van der Waals surface area contributed by atoms with Gasteiger partial charge in [0.05, 0.1) is 5.52 Å². The first-order valence-corrected chi connectivity index (χ1v) is 8.43. The van der Waals surface area contributed by atoms with E-state index in [9.17, 15) is 14.4 Å². The van der Waals surface area contributed by atoms with Gasteiger partial charge in [-0.2, -0.15) is 0 Å². The van der Waals surface area contributed by atoms with Crippen molar-refractivity contribution < 1.29 is 4.79 Å². The Labute approximate surface area is 142 Å². The summed E-state index contributed by atoms with van der Waals surface area (Å²) in [6.45, 7) is 0.394. The van der Waals surface area contributed by atoms with E-state index in [4.69, 9.17) is 0 Å². The molecule has 2 aromatic heterocycles. The Kier molecular flexibility index (Phi) is 4.61. The number of thiophene rings is 1. The lowest BCUT2D eigenvalue weighted by atomic mass is 10.1. The Morgan fingerprint density at radius 2 is 1.92 bits per heavy atom. The molecular weight excluding hydrogens is 326 g/mol. The van der Waals surface area contributed by atoms with Gasteiger partial charge in [0.15, 0.2) is 0 Å². The van der Waals surface area contributed by atoms with Crippen molar-refractivity contribution in [3.63, 3.8) is 0 Å². The largest absolute Gasteiger partial charge is 0.354 e. The minimum Gasteiger partial charge on any atom is -0.354 e. The molecule has 0 radical (unpaired) electrons. The van der Waals surface area contributed by atoms with E-state index in [1.807, 2.05) is 30.3 Å². The van der Waals surface area contributed by atoms with Gasteiger partial charge in [0.1, 0.15) is 11.2 Å². The van der Waals surface area contributed by atoms with Crippen LogP contribution in [0.4, 0.5) is 0 Å². The van der Waals surface area contributed by atoms with Crippen molar-refractivity contribution in [3.8, 4) is 0 Å². The van der Waals surface area contributed by atoms with Crippen LogP contribution in [0.1, 0.15) is 5.56 Å². The van der Waals surface area contributed by atoms with Gasteiger partial charge in [-0.05, 0) is 23.4 Å². The van der Waals surface area contributed by atoms with E-state index in [2.05, 4.69) is 5.32 Å². The zero-order valence-corrected chi connectivity index (χ0v) is 14.0. The third-order valence-corrected chi connectivity index (χ3v) is 4.72. The van der Waals surface area contributed by atoms with Crippen LogP contribution in [0.2, 0.25) is 0 Å². The maximum atomic E-state index is 12.3. The first-order valence-electron chi connectivity index (χ1n) is 7.55. The van der Waals surface area contributed by atoms with Gasteiger partial charge in [-0.1, -0.05) is 30.3 Å². The van der Waals surface area contributed by atoms with E-state index in [-0.39, 0.29) is 18.0 Å². The fourth-order valence-electron chi connectivity index (χ4n) is 2.54. The molecule has 0 spiro atoms. The fourth-order valence-corrected chi connectivity index (χ4v) is 3.41. The van der Waals surface area contributed by atoms with Crippen molar-refractivity contribution >= 4 is 27.5 Å². The van der Waals surface area contributed by atoms with Gasteiger partial charge in [-0.15, -0.1) is 11.3 Å². The summed E-state index contributed by atoms with van der Waals surface area (Å²) >= 11 is 1.27. The van der Waals surface area contributed by atoms with Crippen molar-refractivity contribution in [2.24, 2.45) is 7.05 Å². The van der Waals surface area contributed by atoms with Gasteiger partial charge in [-0.3, -0.25) is 18.7 Å². The topological polar surface area (TPSA) is 73.1 Å². The summed E-state index contributed by atoms with van der Waals surface area (Å²) in [5, 5.41) is 4.56. The fraction of sp³-hybridized carbons (Fsp3) is 0.235. The zero-order chi connectivity index (χ0) is 17.1. The van der Waals surface area contributed by atoms with Crippen LogP contribution in [0, 0.1) is 0 Å². The molecule has 1 amide bonds. The predicted octanol–water partition coefficient (Wildman–Crippen LogP) is 1.12. The summed E-state index contributed by atoms with van der Waals surface area (Å²) in [7, 11) is 1.42. The quantitative estimate of drug-likeness (QED) is 0.754. The van der Waals surface area contributed by atoms with E-state index in [0.29, 0.717) is 16.8 Å². The Morgan fingerprint density at radius 3 is 2.67 bits per heavy atom. The highest BCUT2D eigenvalue weighted by Crippen LogP contribution is 2.14. The minimum atomic E-state index is -0.482. The van der Waals surface area contributed by atoms with E-state index in [0.717, 1.165) is 16.6 Å². The van der Waals surface area contributed by atoms with Crippen molar-refractivity contribution in [1.29, 1.82) is 0 Å². The standard InChI is InChI=1S/C17H17N3O3S/c1-19-16(22)15-13(8-10-24-15)20(17(19)23)11-14(21)18-9-7-12-5-3-2-4-6-12/h2-6,8,10H,7,9,11H2,1H3,(H,18,21). The monoisotopic (exact) mass is 343 g/mol. The molecule has 3 rings (SSSR count). The maximum Gasteiger partial charge on any atom is 0.331 e. The van der Waals surface area contributed by atoms with Crippen LogP contribution in [0.3, 0.4) is 0 Å². The molecule has 6 nitrogen and oxygen atoms in total. The highest BCUT2D eigenvalue weighted by molar-refractivity contribution is 7.17. The second-order valence-corrected chi connectivity index (χ2v) is 6.37. The number of amides is 1. The number of hydrogen-bond donors (Lipinski definition) is 1. The Bertz CT molecular complexity index is 986. The number of fused-ring (bicyclic) bond motifs is 1. The number of benzene rings is 1. The Morgan fingerprint density at radius 1 is 1.17 bits per heavy atom. The molecule has 124 valence electrons. The molecule has 0 saturated carbocycles. The van der Waals surface area contributed by atoms with Crippen LogP contribution in [0.5, 0.6) is 0 Å². The second-order valence-electron chi connectivity index (χ2n) is 5.45. The first kappa shape index (κ1) is 16.2. The van der Waals surface area contributed by atoms with Gasteiger partial charge in [0.2, 0.25) is 5.91 Å². The summed E-state index contributed by atoms with van der Waals surface area (Å²) < 4.78 is 2.86. The van der Waals surface area contributed by atoms with Gasteiger partial charge in [0, 0.05) is 13.6 Å². The Balaban J connectivity index is 1.73. The number of carbonyl (C=O) groups excluding carboxylic acids is 1. The molecule has 0 aliphatic heterocycles. The molecular formula is C17H17N3O3S. The molecule has 1 N–H and O–H groups in total. The average Bonchev–Trinajstić information content (AvgIpc) is 3.07. The smallest absolute Gasteiger partial charge is 0.331 e. The van der Waals surface area contributed by atoms with E-state index >= 15 is 0 Å². The third kappa shape index (κ3) is 3.16. The molecule has 0 aliphatic rings. The van der Waals surface area contributed by atoms with Crippen LogP contribution in [0.25, 0.3) is 10.2 Å². The minimum absolute atomic E-state index is 0.102. The number of hydrogen-bond acceptors (Lipinski definition) is 4. The summed E-state index contributed by atoms with van der Waals surface area (Å²) in [5.41, 5.74) is 0.832. The summed E-state index contributed by atoms with van der Waals surface area (Å²) in [6.07, 6.45) is 0.725. The molecule has 0 unspecified atom stereocenters. The molecule has 0 saturated heterocycles. The molecule has 1 aromatic carbocycles. The maximum absolute atomic E-state index is 12.3. The molecule has 24 heavy (non-hydrogen) atoms. The van der Waals surface area contributed by atoms with Gasteiger partial charge in [0.25, 0.3) is 5.56 Å². The zero-order valence-electron chi connectivity index (χ0n) is 13.2. The highest BCUT2D eigenvalue weighted by Gasteiger charge is 2.14. The molecule has 7 heteroatoms. The molecule has 0 bridgehead atoms. The summed E-state index contributed by atoms with van der Waals surface area (Å²) in [4.78, 5) is 36.5. The predicted molar refractivity (Wildman–Crippen MR) is 94.5 cm³/mol. The number of aromatic nitrogens is 2. The number of nitrogens with zero attached hydrogens (tertiary/aromatic N) is 2. The van der Waals surface area contributed by atoms with E-state index in [1.54, 1.807) is 11.4 Å². The van der Waals surface area contributed by atoms with Crippen molar-refractivity contribution in [3.05, 3.63) is 68.2 Å². The molecule has 0 aliphatic carbocycles. The van der Waals surface area contributed by atoms with Crippen molar-refractivity contribution in [2.75, 3.05) is 6.54 Å². The second kappa shape index (κ2) is 6.84. The summed E-state index contributed by atoms with van der Waals surface area (Å²) in [5.74, 6) is -0.251. The van der Waals surface area contributed by atoms with Crippen molar-refractivity contribution in [2.45, 2.75) is 13.0 Å². The number of nitrogens with one attached hydrogen (secondary N) is 1. The normalized spacial score (nSPS) is 10.9. The van der Waals surface area contributed by atoms with Crippen LogP contribution >= 0.6 is 11.3 Å².